The van der Waals surface area contributed by atoms with Crippen molar-refractivity contribution >= 4 is 28.6 Å². The second kappa shape index (κ2) is 8.42. The van der Waals surface area contributed by atoms with Crippen LogP contribution in [0.1, 0.15) is 15.9 Å². The topological polar surface area (TPSA) is 91.1 Å². The van der Waals surface area contributed by atoms with E-state index < -0.39 is 5.78 Å². The van der Waals surface area contributed by atoms with Gasteiger partial charge < -0.3 is 29.3 Å². The van der Waals surface area contributed by atoms with Gasteiger partial charge in [-0.25, -0.2) is 4.98 Å². The number of anilines is 1. The van der Waals surface area contributed by atoms with Crippen molar-refractivity contribution in [3.8, 4) is 28.4 Å². The highest BCUT2D eigenvalue weighted by Crippen LogP contribution is 2.41. The van der Waals surface area contributed by atoms with Crippen molar-refractivity contribution in [2.24, 2.45) is 7.05 Å². The summed E-state index contributed by atoms with van der Waals surface area (Å²) in [5.74, 6) is -0.682. The van der Waals surface area contributed by atoms with E-state index in [4.69, 9.17) is 4.74 Å². The summed E-state index contributed by atoms with van der Waals surface area (Å²) in [7, 11) is 4.06. The van der Waals surface area contributed by atoms with Crippen LogP contribution in [0, 0.1) is 0 Å². The van der Waals surface area contributed by atoms with Crippen LogP contribution in [0.4, 0.5) is 5.69 Å². The number of carbonyl (C=O) groups is 1. The number of nitrogens with zero attached hydrogens (tertiary/aromatic N) is 4. The number of likely N-dealkylation sites (N-methyl/N-ethyl adjacent to an activating group) is 1. The van der Waals surface area contributed by atoms with Crippen LogP contribution in [0.3, 0.4) is 0 Å². The SMILES string of the molecule is CN1CCN(c2ccc(-c3ccnc4c3c(/C=C3\Oc5cc(O)cc(O)c5C3=O)cn4C)cc2)CC1. The van der Waals surface area contributed by atoms with Crippen molar-refractivity contribution in [2.75, 3.05) is 38.1 Å². The van der Waals surface area contributed by atoms with Gasteiger partial charge in [0, 0.05) is 74.4 Å². The lowest BCUT2D eigenvalue weighted by Gasteiger charge is -2.34. The monoisotopic (exact) mass is 482 g/mol. The number of aryl methyl sites for hydroxylation is 1. The first-order valence-corrected chi connectivity index (χ1v) is 11.9. The zero-order valence-electron chi connectivity index (χ0n) is 20.1. The maximum atomic E-state index is 13.0. The number of aromatic hydroxyl groups is 2. The van der Waals surface area contributed by atoms with Crippen molar-refractivity contribution in [2.45, 2.75) is 0 Å². The third-order valence-electron chi connectivity index (χ3n) is 6.96. The molecule has 182 valence electrons. The van der Waals surface area contributed by atoms with Gasteiger partial charge in [0.1, 0.15) is 28.5 Å². The molecule has 1 saturated heterocycles. The molecule has 4 aromatic rings. The maximum absolute atomic E-state index is 13.0. The van der Waals surface area contributed by atoms with Crippen LogP contribution >= 0.6 is 0 Å². The molecule has 0 unspecified atom stereocenters. The Kier molecular flexibility index (Phi) is 5.19. The number of phenols is 2. The molecule has 2 aromatic heterocycles. The first-order valence-electron chi connectivity index (χ1n) is 11.9. The molecule has 2 aliphatic rings. The molecule has 8 nitrogen and oxygen atoms in total. The number of pyridine rings is 1. The minimum atomic E-state index is -0.429. The molecule has 0 atom stereocenters. The van der Waals surface area contributed by atoms with Gasteiger partial charge in [0.05, 0.1) is 0 Å². The quantitative estimate of drug-likeness (QED) is 0.426. The first kappa shape index (κ1) is 22.2. The summed E-state index contributed by atoms with van der Waals surface area (Å²) in [6.45, 7) is 4.12. The number of rotatable bonds is 3. The summed E-state index contributed by atoms with van der Waals surface area (Å²) < 4.78 is 7.65. The third-order valence-corrected chi connectivity index (χ3v) is 6.96. The number of Topliss-reactive ketones (excluding diaryl/α,β-unsaturated/α-hetero) is 1. The van der Waals surface area contributed by atoms with Gasteiger partial charge in [-0.1, -0.05) is 12.1 Å². The van der Waals surface area contributed by atoms with Crippen molar-refractivity contribution in [3.63, 3.8) is 0 Å². The van der Waals surface area contributed by atoms with E-state index in [2.05, 4.69) is 46.1 Å². The maximum Gasteiger partial charge on any atom is 0.235 e. The fourth-order valence-electron chi connectivity index (χ4n) is 5.02. The summed E-state index contributed by atoms with van der Waals surface area (Å²) >= 11 is 0. The van der Waals surface area contributed by atoms with Crippen LogP contribution in [0.5, 0.6) is 17.2 Å². The molecule has 0 radical (unpaired) electrons. The summed E-state index contributed by atoms with van der Waals surface area (Å²) in [6.07, 6.45) is 5.37. The second-order valence-corrected chi connectivity index (χ2v) is 9.37. The molecule has 0 saturated carbocycles. The zero-order chi connectivity index (χ0) is 25.0. The van der Waals surface area contributed by atoms with Gasteiger partial charge in [0.2, 0.25) is 5.78 Å². The van der Waals surface area contributed by atoms with Crippen molar-refractivity contribution in [1.29, 1.82) is 0 Å². The van der Waals surface area contributed by atoms with E-state index in [9.17, 15) is 15.0 Å². The minimum absolute atomic E-state index is 0.0529. The number of allylic oxidation sites excluding steroid dienone is 1. The number of ether oxygens (including phenoxy) is 1. The molecule has 0 spiro atoms. The largest absolute Gasteiger partial charge is 0.508 e. The Balaban J connectivity index is 1.39. The zero-order valence-corrected chi connectivity index (χ0v) is 20.1. The molecule has 2 N–H and O–H groups in total. The molecule has 0 bridgehead atoms. The molecule has 0 aliphatic carbocycles. The van der Waals surface area contributed by atoms with E-state index in [1.807, 2.05) is 23.9 Å². The van der Waals surface area contributed by atoms with E-state index in [0.717, 1.165) is 60.0 Å². The minimum Gasteiger partial charge on any atom is -0.508 e. The van der Waals surface area contributed by atoms with E-state index >= 15 is 0 Å². The molecule has 1 fully saturated rings. The van der Waals surface area contributed by atoms with Crippen molar-refractivity contribution < 1.29 is 19.7 Å². The predicted octanol–water partition coefficient (Wildman–Crippen LogP) is 4.02. The van der Waals surface area contributed by atoms with Gasteiger partial charge in [-0.15, -0.1) is 0 Å². The van der Waals surface area contributed by atoms with Gasteiger partial charge in [-0.3, -0.25) is 4.79 Å². The molecule has 2 aromatic carbocycles. The number of piperazine rings is 1. The van der Waals surface area contributed by atoms with Crippen LogP contribution < -0.4 is 9.64 Å². The van der Waals surface area contributed by atoms with Gasteiger partial charge >= 0.3 is 0 Å². The standard InChI is InChI=1S/C28H26N4O4/c1-30-9-11-32(12-10-30)19-5-3-17(4-6-19)21-7-8-29-28-25(21)18(16-31(28)2)13-24-27(35)26-22(34)14-20(33)15-23(26)36-24/h3-8,13-16,33-34H,9-12H2,1-2H3/b24-13-. The Morgan fingerprint density at radius 2 is 1.75 bits per heavy atom. The van der Waals surface area contributed by atoms with Crippen LogP contribution in [0.15, 0.2) is 60.6 Å². The molecule has 2 aliphatic heterocycles. The Morgan fingerprint density at radius 3 is 2.50 bits per heavy atom. The Bertz CT molecular complexity index is 1530. The second-order valence-electron chi connectivity index (χ2n) is 9.37. The van der Waals surface area contributed by atoms with E-state index in [0.29, 0.717) is 0 Å². The molecule has 6 rings (SSSR count). The number of ketones is 1. The summed E-state index contributed by atoms with van der Waals surface area (Å²) in [5.41, 5.74) is 4.87. The summed E-state index contributed by atoms with van der Waals surface area (Å²) in [4.78, 5) is 22.3. The average Bonchev–Trinajstić information content (AvgIpc) is 3.35. The van der Waals surface area contributed by atoms with E-state index in [1.54, 1.807) is 12.3 Å². The number of hydrogen-bond acceptors (Lipinski definition) is 7. The number of fused-ring (bicyclic) bond motifs is 2. The smallest absolute Gasteiger partial charge is 0.235 e. The number of aromatic nitrogens is 2. The lowest BCUT2D eigenvalue weighted by atomic mass is 10.00. The normalized spacial score (nSPS) is 17.1. The summed E-state index contributed by atoms with van der Waals surface area (Å²) in [5, 5.41) is 20.8. The highest BCUT2D eigenvalue weighted by atomic mass is 16.5. The predicted molar refractivity (Wildman–Crippen MR) is 139 cm³/mol. The molecule has 8 heteroatoms. The fourth-order valence-corrected chi connectivity index (χ4v) is 5.02. The summed E-state index contributed by atoms with van der Waals surface area (Å²) in [6, 6.07) is 13.0. The van der Waals surface area contributed by atoms with Crippen LogP contribution in [-0.2, 0) is 7.05 Å². The molecular weight excluding hydrogens is 456 g/mol. The number of carbonyl (C=O) groups excluding carboxylic acids is 1. The van der Waals surface area contributed by atoms with Gasteiger partial charge in [-0.2, -0.15) is 0 Å². The van der Waals surface area contributed by atoms with Gasteiger partial charge in [-0.05, 0) is 42.4 Å². The van der Waals surface area contributed by atoms with Gasteiger partial charge in [0.25, 0.3) is 0 Å². The van der Waals surface area contributed by atoms with Crippen molar-refractivity contribution in [3.05, 3.63) is 71.7 Å². The number of benzene rings is 2. The highest BCUT2D eigenvalue weighted by molar-refractivity contribution is 6.17. The Labute approximate surface area is 208 Å². The number of phenolic OH excluding ortho intramolecular Hbond substituents is 2. The van der Waals surface area contributed by atoms with Gasteiger partial charge in [0.15, 0.2) is 5.76 Å². The van der Waals surface area contributed by atoms with Crippen LogP contribution in [0.25, 0.3) is 28.2 Å². The lowest BCUT2D eigenvalue weighted by Crippen LogP contribution is -2.44. The fraction of sp³-hybridized carbons (Fsp3) is 0.214. The Morgan fingerprint density at radius 1 is 1.00 bits per heavy atom. The molecular formula is C28H26N4O4. The lowest BCUT2D eigenvalue weighted by molar-refractivity contribution is 0.101. The van der Waals surface area contributed by atoms with E-state index in [-0.39, 0.29) is 28.6 Å². The average molecular weight is 483 g/mol. The number of hydrogen-bond donors (Lipinski definition) is 2. The molecule has 36 heavy (non-hydrogen) atoms. The van der Waals surface area contributed by atoms with Crippen LogP contribution in [0.2, 0.25) is 0 Å². The molecule has 4 heterocycles. The highest BCUT2D eigenvalue weighted by Gasteiger charge is 2.31. The third kappa shape index (κ3) is 3.67. The van der Waals surface area contributed by atoms with E-state index in [1.165, 1.54) is 11.8 Å². The van der Waals surface area contributed by atoms with Crippen molar-refractivity contribution in [1.82, 2.24) is 14.5 Å². The Hall–Kier alpha value is -4.30. The van der Waals surface area contributed by atoms with Crippen LogP contribution in [-0.4, -0.2) is 63.7 Å². The molecule has 0 amide bonds. The first-order chi connectivity index (χ1) is 17.4.